The lowest BCUT2D eigenvalue weighted by atomic mass is 9.96. The number of fused-ring (bicyclic) bond motifs is 3. The molecule has 1 aliphatic rings. The number of rotatable bonds is 2. The van der Waals surface area contributed by atoms with E-state index in [0.29, 0.717) is 6.42 Å². The number of benzene rings is 3. The van der Waals surface area contributed by atoms with Gasteiger partial charge in [0.2, 0.25) is 0 Å². The van der Waals surface area contributed by atoms with E-state index < -0.39 is 6.10 Å². The lowest BCUT2D eigenvalue weighted by molar-refractivity contribution is -0.156. The molecule has 3 aromatic carbocycles. The second-order valence-corrected chi connectivity index (χ2v) is 6.21. The van der Waals surface area contributed by atoms with Crippen LogP contribution in [0.5, 0.6) is 0 Å². The summed E-state index contributed by atoms with van der Waals surface area (Å²) in [6.07, 6.45) is 3.42. The minimum atomic E-state index is -0.616. The van der Waals surface area contributed by atoms with Crippen LogP contribution in [-0.4, -0.2) is 23.3 Å². The second kappa shape index (κ2) is 6.10. The summed E-state index contributed by atoms with van der Waals surface area (Å²) in [7, 11) is 0. The number of aliphatic hydroxyl groups is 1. The number of aliphatic hydroxyl groups excluding tert-OH is 1. The van der Waals surface area contributed by atoms with E-state index in [1.807, 2.05) is 30.4 Å². The van der Waals surface area contributed by atoms with Gasteiger partial charge in [0.1, 0.15) is 6.10 Å². The first-order chi connectivity index (χ1) is 11.7. The molecule has 0 aliphatic carbocycles. The van der Waals surface area contributed by atoms with Crippen LogP contribution in [0, 0.1) is 0 Å². The Morgan fingerprint density at radius 1 is 1.00 bits per heavy atom. The predicted octanol–water partition coefficient (Wildman–Crippen LogP) is 4.07. The van der Waals surface area contributed by atoms with Gasteiger partial charge in [-0.15, -0.1) is 0 Å². The molecule has 0 unspecified atom stereocenters. The summed E-state index contributed by atoms with van der Waals surface area (Å²) in [4.78, 5) is 11.5. The van der Waals surface area contributed by atoms with Crippen molar-refractivity contribution < 1.29 is 14.6 Å². The van der Waals surface area contributed by atoms with E-state index in [-0.39, 0.29) is 18.5 Å². The fourth-order valence-electron chi connectivity index (χ4n) is 3.36. The lowest BCUT2D eigenvalue weighted by Gasteiger charge is -2.23. The second-order valence-electron chi connectivity index (χ2n) is 6.21. The third-order valence-electron chi connectivity index (χ3n) is 4.48. The zero-order chi connectivity index (χ0) is 16.5. The van der Waals surface area contributed by atoms with Crippen LogP contribution in [-0.2, 0) is 9.53 Å². The first-order valence-corrected chi connectivity index (χ1v) is 8.17. The molecule has 3 heteroatoms. The van der Waals surface area contributed by atoms with Crippen LogP contribution in [0.2, 0.25) is 0 Å². The van der Waals surface area contributed by atoms with Crippen LogP contribution in [0.25, 0.3) is 27.6 Å². The van der Waals surface area contributed by atoms with E-state index in [4.69, 9.17) is 4.74 Å². The summed E-state index contributed by atoms with van der Waals surface area (Å²) in [6, 6.07) is 18.8. The smallest absolute Gasteiger partial charge is 0.309 e. The Morgan fingerprint density at radius 3 is 2.67 bits per heavy atom. The Hall–Kier alpha value is -2.65. The Morgan fingerprint density at radius 2 is 1.79 bits per heavy atom. The monoisotopic (exact) mass is 318 g/mol. The predicted molar refractivity (Wildman–Crippen MR) is 95.6 cm³/mol. The van der Waals surface area contributed by atoms with Gasteiger partial charge in [-0.1, -0.05) is 60.7 Å². The van der Waals surface area contributed by atoms with Crippen molar-refractivity contribution in [3.8, 4) is 0 Å². The van der Waals surface area contributed by atoms with Crippen LogP contribution in [0.15, 0.2) is 60.7 Å². The lowest BCUT2D eigenvalue weighted by Crippen LogP contribution is -2.31. The average Bonchev–Trinajstić information content (AvgIpc) is 2.59. The van der Waals surface area contributed by atoms with Crippen LogP contribution >= 0.6 is 0 Å². The van der Waals surface area contributed by atoms with E-state index >= 15 is 0 Å². The van der Waals surface area contributed by atoms with Crippen LogP contribution < -0.4 is 0 Å². The number of ether oxygens (including phenoxy) is 1. The average molecular weight is 318 g/mol. The highest BCUT2D eigenvalue weighted by Gasteiger charge is 2.25. The van der Waals surface area contributed by atoms with Crippen LogP contribution in [0.1, 0.15) is 18.4 Å². The molecule has 2 atom stereocenters. The van der Waals surface area contributed by atoms with Crippen molar-refractivity contribution in [2.45, 2.75) is 25.0 Å². The molecule has 0 bridgehead atoms. The molecule has 0 amide bonds. The fraction of sp³-hybridized carbons (Fsp3) is 0.190. The number of hydrogen-bond acceptors (Lipinski definition) is 3. The molecule has 1 aliphatic heterocycles. The molecular formula is C21H18O3. The molecule has 3 aromatic rings. The maximum atomic E-state index is 11.5. The first kappa shape index (κ1) is 14.9. The van der Waals surface area contributed by atoms with Gasteiger partial charge in [-0.3, -0.25) is 4.79 Å². The fourth-order valence-corrected chi connectivity index (χ4v) is 3.36. The molecule has 4 rings (SSSR count). The minimum Gasteiger partial charge on any atom is -0.458 e. The molecule has 120 valence electrons. The van der Waals surface area contributed by atoms with Gasteiger partial charge in [-0.25, -0.2) is 0 Å². The Labute approximate surface area is 140 Å². The summed E-state index contributed by atoms with van der Waals surface area (Å²) < 4.78 is 5.29. The first-order valence-electron chi connectivity index (χ1n) is 8.17. The standard InChI is InChI=1S/C21H18O3/c22-17-12-18(24-20(23)13-17)11-10-16-6-3-5-15-9-8-14-4-1-2-7-19(14)21(15)16/h1-11,17-18,22H,12-13H2/b11-10+/t17-,18-/m1/s1. The van der Waals surface area contributed by atoms with Crippen LogP contribution in [0.3, 0.4) is 0 Å². The van der Waals surface area contributed by atoms with Crippen molar-refractivity contribution in [2.75, 3.05) is 0 Å². The molecule has 0 radical (unpaired) electrons. The molecule has 3 nitrogen and oxygen atoms in total. The maximum absolute atomic E-state index is 11.5. The number of carbonyl (C=O) groups is 1. The van der Waals surface area contributed by atoms with Gasteiger partial charge in [-0.05, 0) is 33.2 Å². The van der Waals surface area contributed by atoms with Gasteiger partial charge in [0, 0.05) is 6.42 Å². The van der Waals surface area contributed by atoms with Gasteiger partial charge in [0.25, 0.3) is 0 Å². The maximum Gasteiger partial charge on any atom is 0.309 e. The Balaban J connectivity index is 1.78. The summed E-state index contributed by atoms with van der Waals surface area (Å²) in [6.45, 7) is 0. The summed E-state index contributed by atoms with van der Waals surface area (Å²) >= 11 is 0. The number of hydrogen-bond donors (Lipinski definition) is 1. The van der Waals surface area contributed by atoms with Gasteiger partial charge >= 0.3 is 5.97 Å². The molecule has 0 spiro atoms. The molecule has 1 heterocycles. The van der Waals surface area contributed by atoms with Crippen molar-refractivity contribution >= 4 is 33.6 Å². The van der Waals surface area contributed by atoms with E-state index in [0.717, 1.165) is 5.56 Å². The molecule has 1 N–H and O–H groups in total. The van der Waals surface area contributed by atoms with E-state index in [2.05, 4.69) is 36.4 Å². The van der Waals surface area contributed by atoms with Gasteiger partial charge in [0.15, 0.2) is 0 Å². The van der Waals surface area contributed by atoms with E-state index in [1.165, 1.54) is 21.5 Å². The van der Waals surface area contributed by atoms with Gasteiger partial charge in [-0.2, -0.15) is 0 Å². The third-order valence-corrected chi connectivity index (χ3v) is 4.48. The van der Waals surface area contributed by atoms with E-state index in [1.54, 1.807) is 0 Å². The largest absolute Gasteiger partial charge is 0.458 e. The number of cyclic esters (lactones) is 1. The van der Waals surface area contributed by atoms with Crippen molar-refractivity contribution in [1.29, 1.82) is 0 Å². The highest BCUT2D eigenvalue weighted by Crippen LogP contribution is 2.29. The summed E-state index contributed by atoms with van der Waals surface area (Å²) in [5.74, 6) is -0.341. The summed E-state index contributed by atoms with van der Waals surface area (Å²) in [5, 5.41) is 14.5. The minimum absolute atomic E-state index is 0.0866. The van der Waals surface area contributed by atoms with Crippen LogP contribution in [0.4, 0.5) is 0 Å². The molecule has 0 saturated carbocycles. The highest BCUT2D eigenvalue weighted by molar-refractivity contribution is 6.11. The van der Waals surface area contributed by atoms with Crippen molar-refractivity contribution in [3.63, 3.8) is 0 Å². The Kier molecular flexibility index (Phi) is 3.79. The molecule has 1 saturated heterocycles. The molecule has 0 aromatic heterocycles. The third kappa shape index (κ3) is 2.79. The summed E-state index contributed by atoms with van der Waals surface area (Å²) in [5.41, 5.74) is 1.08. The topological polar surface area (TPSA) is 46.5 Å². The van der Waals surface area contributed by atoms with Crippen molar-refractivity contribution in [2.24, 2.45) is 0 Å². The quantitative estimate of drug-likeness (QED) is 0.572. The van der Waals surface area contributed by atoms with Crippen molar-refractivity contribution in [1.82, 2.24) is 0 Å². The number of esters is 1. The highest BCUT2D eigenvalue weighted by atomic mass is 16.5. The zero-order valence-corrected chi connectivity index (χ0v) is 13.2. The molecule has 24 heavy (non-hydrogen) atoms. The van der Waals surface area contributed by atoms with Gasteiger partial charge in [0.05, 0.1) is 12.5 Å². The normalized spacial score (nSPS) is 21.5. The molecule has 1 fully saturated rings. The number of carbonyl (C=O) groups excluding carboxylic acids is 1. The van der Waals surface area contributed by atoms with Gasteiger partial charge < -0.3 is 9.84 Å². The Bertz CT molecular complexity index is 942. The van der Waals surface area contributed by atoms with Crippen molar-refractivity contribution in [3.05, 3.63) is 66.2 Å². The molecular weight excluding hydrogens is 300 g/mol. The zero-order valence-electron chi connectivity index (χ0n) is 13.2. The van der Waals surface area contributed by atoms with E-state index in [9.17, 15) is 9.90 Å². The SMILES string of the molecule is O=C1C[C@H](O)C[C@@H](/C=C/c2cccc3ccc4ccccc4c23)O1.